The lowest BCUT2D eigenvalue weighted by Crippen LogP contribution is -2.31. The minimum Gasteiger partial charge on any atom is -0.484 e. The third-order valence-corrected chi connectivity index (χ3v) is 6.93. The fourth-order valence-corrected chi connectivity index (χ4v) is 5.10. The summed E-state index contributed by atoms with van der Waals surface area (Å²) in [5.74, 6) is 0.767. The van der Waals surface area contributed by atoms with E-state index < -0.39 is 0 Å². The van der Waals surface area contributed by atoms with Crippen LogP contribution in [0.25, 0.3) is 0 Å². The second kappa shape index (κ2) is 11.4. The summed E-state index contributed by atoms with van der Waals surface area (Å²) in [5, 5.41) is 3.98. The minimum absolute atomic E-state index is 0.0890. The van der Waals surface area contributed by atoms with E-state index in [1.165, 1.54) is 24.3 Å². The second-order valence-electron chi connectivity index (χ2n) is 9.18. The van der Waals surface area contributed by atoms with Crippen LogP contribution in [0.2, 0.25) is 10.0 Å². The van der Waals surface area contributed by atoms with Crippen LogP contribution in [-0.2, 0) is 9.53 Å². The Morgan fingerprint density at radius 2 is 1.89 bits per heavy atom. The van der Waals surface area contributed by atoms with Crippen molar-refractivity contribution in [1.29, 1.82) is 0 Å². The van der Waals surface area contributed by atoms with Crippen molar-refractivity contribution >= 4 is 34.8 Å². The number of carbonyl (C=O) groups excluding carboxylic acids is 1. The lowest BCUT2D eigenvalue weighted by molar-refractivity contribution is -0.118. The van der Waals surface area contributed by atoms with E-state index in [4.69, 9.17) is 32.7 Å². The monoisotopic (exact) mass is 515 g/mol. The summed E-state index contributed by atoms with van der Waals surface area (Å²) in [7, 11) is 0. The topological polar surface area (TPSA) is 47.6 Å². The van der Waals surface area contributed by atoms with Gasteiger partial charge in [0.15, 0.2) is 6.61 Å². The normalized spacial score (nSPS) is 20.0. The van der Waals surface area contributed by atoms with Gasteiger partial charge in [-0.2, -0.15) is 0 Å². The summed E-state index contributed by atoms with van der Waals surface area (Å²) >= 11 is 12.6. The van der Waals surface area contributed by atoms with Crippen LogP contribution >= 0.6 is 23.2 Å². The van der Waals surface area contributed by atoms with Crippen LogP contribution in [0.15, 0.2) is 66.7 Å². The van der Waals surface area contributed by atoms with Gasteiger partial charge in [0.1, 0.15) is 11.6 Å². The van der Waals surface area contributed by atoms with Gasteiger partial charge in [0.05, 0.1) is 12.7 Å². The van der Waals surface area contributed by atoms with Crippen molar-refractivity contribution in [3.63, 3.8) is 0 Å². The molecule has 0 aliphatic carbocycles. The molecule has 7 heteroatoms. The van der Waals surface area contributed by atoms with Gasteiger partial charge in [0.2, 0.25) is 0 Å². The predicted octanol–water partition coefficient (Wildman–Crippen LogP) is 7.67. The van der Waals surface area contributed by atoms with Gasteiger partial charge in [0, 0.05) is 21.7 Å². The van der Waals surface area contributed by atoms with E-state index in [-0.39, 0.29) is 36.3 Å². The molecule has 3 atom stereocenters. The number of ether oxygens (including phenoxy) is 2. The van der Waals surface area contributed by atoms with Gasteiger partial charge < -0.3 is 14.8 Å². The molecule has 0 spiro atoms. The van der Waals surface area contributed by atoms with Crippen molar-refractivity contribution < 1.29 is 18.7 Å². The molecule has 1 heterocycles. The Labute approximate surface area is 215 Å². The molecule has 1 saturated heterocycles. The van der Waals surface area contributed by atoms with E-state index in [0.29, 0.717) is 34.0 Å². The molecule has 3 aromatic rings. The van der Waals surface area contributed by atoms with E-state index in [9.17, 15) is 9.18 Å². The number of halogens is 3. The van der Waals surface area contributed by atoms with E-state index in [1.54, 1.807) is 6.07 Å². The van der Waals surface area contributed by atoms with Gasteiger partial charge in [-0.25, -0.2) is 4.39 Å². The zero-order valence-electron chi connectivity index (χ0n) is 19.6. The number of rotatable bonds is 7. The molecule has 35 heavy (non-hydrogen) atoms. The molecule has 1 fully saturated rings. The SMILES string of the molecule is CC(C)[C@@H]1C[C@H](c2ccc(Cl)cc2Cl)CO[C@H]1c1cccc(OCC(=O)Nc2ccc(F)cc2)c1. The summed E-state index contributed by atoms with van der Waals surface area (Å²) in [5.41, 5.74) is 2.59. The lowest BCUT2D eigenvalue weighted by atomic mass is 9.76. The lowest BCUT2D eigenvalue weighted by Gasteiger charge is -2.39. The van der Waals surface area contributed by atoms with Crippen molar-refractivity contribution in [2.75, 3.05) is 18.5 Å². The molecule has 1 amide bonds. The Morgan fingerprint density at radius 1 is 1.11 bits per heavy atom. The quantitative estimate of drug-likeness (QED) is 0.351. The number of amides is 1. The van der Waals surface area contributed by atoms with Gasteiger partial charge >= 0.3 is 0 Å². The van der Waals surface area contributed by atoms with Crippen molar-refractivity contribution in [2.45, 2.75) is 32.3 Å². The molecule has 4 rings (SSSR count). The van der Waals surface area contributed by atoms with E-state index >= 15 is 0 Å². The van der Waals surface area contributed by atoms with Crippen LogP contribution in [0, 0.1) is 17.7 Å². The molecule has 1 aliphatic rings. The number of hydrogen-bond acceptors (Lipinski definition) is 3. The minimum atomic E-state index is -0.358. The van der Waals surface area contributed by atoms with Crippen LogP contribution in [0.5, 0.6) is 5.75 Å². The van der Waals surface area contributed by atoms with Gasteiger partial charge in [-0.3, -0.25) is 4.79 Å². The first-order chi connectivity index (χ1) is 16.8. The Kier molecular flexibility index (Phi) is 8.32. The Hall–Kier alpha value is -2.60. The molecule has 0 saturated carbocycles. The first kappa shape index (κ1) is 25.5. The van der Waals surface area contributed by atoms with Crippen LogP contribution in [-0.4, -0.2) is 19.1 Å². The fraction of sp³-hybridized carbons (Fsp3) is 0.321. The van der Waals surface area contributed by atoms with Gasteiger partial charge in [-0.05, 0) is 77.9 Å². The highest BCUT2D eigenvalue weighted by molar-refractivity contribution is 6.35. The molecule has 1 N–H and O–H groups in total. The Bertz CT molecular complexity index is 1170. The molecule has 0 radical (unpaired) electrons. The summed E-state index contributed by atoms with van der Waals surface area (Å²) in [6.07, 6.45) is 0.850. The maximum atomic E-state index is 13.0. The molecule has 1 aliphatic heterocycles. The number of anilines is 1. The van der Waals surface area contributed by atoms with E-state index in [2.05, 4.69) is 19.2 Å². The average molecular weight is 516 g/mol. The highest BCUT2D eigenvalue weighted by Crippen LogP contribution is 2.45. The molecule has 3 aromatic carbocycles. The maximum Gasteiger partial charge on any atom is 0.262 e. The average Bonchev–Trinajstić information content (AvgIpc) is 2.84. The first-order valence-electron chi connectivity index (χ1n) is 11.6. The number of hydrogen-bond donors (Lipinski definition) is 1. The van der Waals surface area contributed by atoms with Crippen LogP contribution < -0.4 is 10.1 Å². The second-order valence-corrected chi connectivity index (χ2v) is 10.0. The highest BCUT2D eigenvalue weighted by atomic mass is 35.5. The first-order valence-corrected chi connectivity index (χ1v) is 12.4. The highest BCUT2D eigenvalue weighted by Gasteiger charge is 2.35. The Morgan fingerprint density at radius 3 is 2.60 bits per heavy atom. The summed E-state index contributed by atoms with van der Waals surface area (Å²) in [6, 6.07) is 18.9. The Balaban J connectivity index is 1.42. The van der Waals surface area contributed by atoms with Crippen molar-refractivity contribution in [2.24, 2.45) is 11.8 Å². The van der Waals surface area contributed by atoms with E-state index in [0.717, 1.165) is 17.5 Å². The predicted molar refractivity (Wildman–Crippen MR) is 138 cm³/mol. The molecular formula is C28H28Cl2FNO3. The van der Waals surface area contributed by atoms with E-state index in [1.807, 2.05) is 36.4 Å². The summed E-state index contributed by atoms with van der Waals surface area (Å²) in [4.78, 5) is 12.2. The van der Waals surface area contributed by atoms with Crippen LogP contribution in [0.1, 0.15) is 43.4 Å². The largest absolute Gasteiger partial charge is 0.484 e. The van der Waals surface area contributed by atoms with Crippen LogP contribution in [0.3, 0.4) is 0 Å². The standard InChI is InChI=1S/C28H28Cl2FNO3/c1-17(2)25-13-19(24-11-6-20(29)14-26(24)30)15-35-28(25)18-4-3-5-23(12-18)34-16-27(33)32-22-9-7-21(31)8-10-22/h3-12,14,17,19,25,28H,13,15-16H2,1-2H3,(H,32,33)/t19-,25-,28-/m0/s1. The summed E-state index contributed by atoms with van der Waals surface area (Å²) in [6.45, 7) is 4.80. The number of carbonyl (C=O) groups is 1. The van der Waals surface area contributed by atoms with Crippen LogP contribution in [0.4, 0.5) is 10.1 Å². The maximum absolute atomic E-state index is 13.0. The van der Waals surface area contributed by atoms with Crippen molar-refractivity contribution in [1.82, 2.24) is 0 Å². The summed E-state index contributed by atoms with van der Waals surface area (Å²) < 4.78 is 25.2. The third kappa shape index (κ3) is 6.54. The fourth-order valence-electron chi connectivity index (χ4n) is 4.54. The molecule has 0 unspecified atom stereocenters. The molecule has 4 nitrogen and oxygen atoms in total. The smallest absolute Gasteiger partial charge is 0.262 e. The third-order valence-electron chi connectivity index (χ3n) is 6.37. The number of nitrogens with one attached hydrogen (secondary N) is 1. The zero-order valence-corrected chi connectivity index (χ0v) is 21.2. The molecule has 184 valence electrons. The van der Waals surface area contributed by atoms with Gasteiger partial charge in [0.25, 0.3) is 5.91 Å². The van der Waals surface area contributed by atoms with Crippen molar-refractivity contribution in [3.05, 3.63) is 93.7 Å². The molecular weight excluding hydrogens is 488 g/mol. The molecule has 0 aromatic heterocycles. The van der Waals surface area contributed by atoms with Gasteiger partial charge in [-0.1, -0.05) is 55.2 Å². The number of benzene rings is 3. The van der Waals surface area contributed by atoms with Crippen molar-refractivity contribution in [3.8, 4) is 5.75 Å². The molecule has 0 bridgehead atoms. The zero-order chi connectivity index (χ0) is 24.9. The van der Waals surface area contributed by atoms with Gasteiger partial charge in [-0.15, -0.1) is 0 Å².